The number of aromatic nitrogens is 2. The van der Waals surface area contributed by atoms with Crippen molar-refractivity contribution in [2.45, 2.75) is 20.4 Å². The lowest BCUT2D eigenvalue weighted by Crippen LogP contribution is -2.47. The maximum Gasteiger partial charge on any atom is 0.259 e. The zero-order valence-electron chi connectivity index (χ0n) is 13.2. The van der Waals surface area contributed by atoms with Gasteiger partial charge in [-0.2, -0.15) is 0 Å². The largest absolute Gasteiger partial charge is 0.329 e. The molecule has 0 aromatic carbocycles. The summed E-state index contributed by atoms with van der Waals surface area (Å²) in [5.41, 5.74) is 6.64. The monoisotopic (exact) mass is 321 g/mol. The Labute approximate surface area is 133 Å². The minimum atomic E-state index is -0.0105. The van der Waals surface area contributed by atoms with E-state index in [9.17, 15) is 4.79 Å². The third kappa shape index (κ3) is 3.08. The number of H-pyrrole nitrogens is 1. The molecule has 3 heterocycles. The number of hydrogen-bond acceptors (Lipinski definition) is 6. The maximum atomic E-state index is 12.3. The number of nitrogens with two attached hydrogens (primary N) is 1. The fourth-order valence-corrected chi connectivity index (χ4v) is 3.99. The van der Waals surface area contributed by atoms with Crippen LogP contribution in [0.5, 0.6) is 0 Å². The third-order valence-corrected chi connectivity index (χ3v) is 5.47. The molecule has 0 radical (unpaired) electrons. The second-order valence-electron chi connectivity index (χ2n) is 5.88. The molecule has 0 bridgehead atoms. The Morgan fingerprint density at radius 2 is 1.91 bits per heavy atom. The van der Waals surface area contributed by atoms with Crippen LogP contribution in [0.3, 0.4) is 0 Å². The van der Waals surface area contributed by atoms with Crippen molar-refractivity contribution in [2.75, 3.05) is 39.3 Å². The van der Waals surface area contributed by atoms with Crippen LogP contribution >= 0.6 is 11.3 Å². The van der Waals surface area contributed by atoms with Crippen molar-refractivity contribution < 1.29 is 0 Å². The van der Waals surface area contributed by atoms with Gasteiger partial charge in [0.25, 0.3) is 5.56 Å². The summed E-state index contributed by atoms with van der Waals surface area (Å²) in [6, 6.07) is 0. The topological polar surface area (TPSA) is 78.2 Å². The molecule has 120 valence electrons. The van der Waals surface area contributed by atoms with Gasteiger partial charge in [0.05, 0.1) is 11.9 Å². The van der Waals surface area contributed by atoms with Crippen molar-refractivity contribution in [3.05, 3.63) is 26.6 Å². The lowest BCUT2D eigenvalue weighted by Gasteiger charge is -2.34. The van der Waals surface area contributed by atoms with Gasteiger partial charge in [-0.1, -0.05) is 0 Å². The number of nitrogens with zero attached hydrogens (tertiary/aromatic N) is 3. The smallest absolute Gasteiger partial charge is 0.259 e. The second kappa shape index (κ2) is 6.45. The first kappa shape index (κ1) is 15.6. The number of fused-ring (bicyclic) bond motifs is 1. The van der Waals surface area contributed by atoms with Crippen LogP contribution < -0.4 is 11.3 Å². The summed E-state index contributed by atoms with van der Waals surface area (Å²) in [4.78, 5) is 26.6. The number of nitrogens with one attached hydrogen (secondary N) is 1. The lowest BCUT2D eigenvalue weighted by molar-refractivity contribution is 0.127. The zero-order chi connectivity index (χ0) is 15.7. The summed E-state index contributed by atoms with van der Waals surface area (Å²) < 4.78 is 0. The van der Waals surface area contributed by atoms with Crippen LogP contribution in [0, 0.1) is 13.8 Å². The molecule has 0 amide bonds. The predicted octanol–water partition coefficient (Wildman–Crippen LogP) is 0.678. The SMILES string of the molecule is Cc1sc2nc(CN3CCN(CCN)CC3)[nH]c(=O)c2c1C. The fraction of sp³-hybridized carbons (Fsp3) is 0.600. The number of aryl methyl sites for hydroxylation is 2. The van der Waals surface area contributed by atoms with Crippen molar-refractivity contribution >= 4 is 21.6 Å². The van der Waals surface area contributed by atoms with E-state index in [0.29, 0.717) is 13.1 Å². The number of aromatic amines is 1. The van der Waals surface area contributed by atoms with Gasteiger partial charge in [-0.15, -0.1) is 11.3 Å². The standard InChI is InChI=1S/C15H23N5OS/c1-10-11(2)22-15-13(10)14(21)17-12(18-15)9-20-7-5-19(4-3-16)6-8-20/h3-9,16H2,1-2H3,(H,17,18,21). The van der Waals surface area contributed by atoms with E-state index in [2.05, 4.69) is 19.8 Å². The van der Waals surface area contributed by atoms with Crippen LogP contribution in [-0.2, 0) is 6.54 Å². The van der Waals surface area contributed by atoms with Crippen molar-refractivity contribution in [3.8, 4) is 0 Å². The molecular formula is C15H23N5OS. The Kier molecular flexibility index (Phi) is 4.58. The molecule has 2 aromatic heterocycles. The molecule has 1 aliphatic heterocycles. The number of thiophene rings is 1. The van der Waals surface area contributed by atoms with Crippen molar-refractivity contribution in [3.63, 3.8) is 0 Å². The molecule has 0 aliphatic carbocycles. The molecule has 1 aliphatic rings. The van der Waals surface area contributed by atoms with E-state index >= 15 is 0 Å². The average molecular weight is 321 g/mol. The van der Waals surface area contributed by atoms with Crippen molar-refractivity contribution in [1.82, 2.24) is 19.8 Å². The molecule has 0 spiro atoms. The first-order chi connectivity index (χ1) is 10.6. The molecule has 1 saturated heterocycles. The Morgan fingerprint density at radius 3 is 2.59 bits per heavy atom. The number of hydrogen-bond donors (Lipinski definition) is 2. The van der Waals surface area contributed by atoms with E-state index in [0.717, 1.165) is 54.3 Å². The summed E-state index contributed by atoms with van der Waals surface area (Å²) in [7, 11) is 0. The summed E-state index contributed by atoms with van der Waals surface area (Å²) in [5.74, 6) is 0.769. The van der Waals surface area contributed by atoms with Crippen LogP contribution in [0.15, 0.2) is 4.79 Å². The van der Waals surface area contributed by atoms with E-state index in [1.54, 1.807) is 11.3 Å². The summed E-state index contributed by atoms with van der Waals surface area (Å²) >= 11 is 1.60. The fourth-order valence-electron chi connectivity index (χ4n) is 2.94. The summed E-state index contributed by atoms with van der Waals surface area (Å²) in [5, 5.41) is 0.749. The van der Waals surface area contributed by atoms with E-state index in [1.165, 1.54) is 4.88 Å². The highest BCUT2D eigenvalue weighted by atomic mass is 32.1. The minimum Gasteiger partial charge on any atom is -0.329 e. The molecule has 3 rings (SSSR count). The molecule has 0 unspecified atom stereocenters. The second-order valence-corrected chi connectivity index (χ2v) is 7.09. The number of rotatable bonds is 4. The van der Waals surface area contributed by atoms with Gasteiger partial charge in [0.15, 0.2) is 0 Å². The van der Waals surface area contributed by atoms with Gasteiger partial charge in [-0.3, -0.25) is 14.6 Å². The van der Waals surface area contributed by atoms with Gasteiger partial charge < -0.3 is 10.7 Å². The van der Waals surface area contributed by atoms with Crippen LogP contribution in [0.4, 0.5) is 0 Å². The molecular weight excluding hydrogens is 298 g/mol. The highest BCUT2D eigenvalue weighted by Gasteiger charge is 2.18. The van der Waals surface area contributed by atoms with Gasteiger partial charge in [0.1, 0.15) is 10.7 Å². The zero-order valence-corrected chi connectivity index (χ0v) is 14.0. The molecule has 6 nitrogen and oxygen atoms in total. The van der Waals surface area contributed by atoms with Crippen LogP contribution in [0.25, 0.3) is 10.2 Å². The Hall–Kier alpha value is -1.28. The molecule has 22 heavy (non-hydrogen) atoms. The van der Waals surface area contributed by atoms with Gasteiger partial charge in [0.2, 0.25) is 0 Å². The van der Waals surface area contributed by atoms with E-state index in [-0.39, 0.29) is 5.56 Å². The average Bonchev–Trinajstić information content (AvgIpc) is 2.77. The van der Waals surface area contributed by atoms with E-state index in [1.807, 2.05) is 13.8 Å². The highest BCUT2D eigenvalue weighted by Crippen LogP contribution is 2.25. The predicted molar refractivity (Wildman–Crippen MR) is 90.5 cm³/mol. The minimum absolute atomic E-state index is 0.0105. The third-order valence-electron chi connectivity index (χ3n) is 4.37. The normalized spacial score (nSPS) is 17.4. The van der Waals surface area contributed by atoms with E-state index in [4.69, 9.17) is 5.73 Å². The van der Waals surface area contributed by atoms with Crippen molar-refractivity contribution in [1.29, 1.82) is 0 Å². The molecule has 0 atom stereocenters. The molecule has 3 N–H and O–H groups in total. The lowest BCUT2D eigenvalue weighted by atomic mass is 10.2. The van der Waals surface area contributed by atoms with Gasteiger partial charge in [0, 0.05) is 44.1 Å². The summed E-state index contributed by atoms with van der Waals surface area (Å²) in [6.45, 7) is 10.4. The van der Waals surface area contributed by atoms with Crippen LogP contribution in [0.2, 0.25) is 0 Å². The van der Waals surface area contributed by atoms with Gasteiger partial charge >= 0.3 is 0 Å². The highest BCUT2D eigenvalue weighted by molar-refractivity contribution is 7.18. The van der Waals surface area contributed by atoms with E-state index < -0.39 is 0 Å². The number of piperazine rings is 1. The molecule has 2 aromatic rings. The molecule has 0 saturated carbocycles. The summed E-state index contributed by atoms with van der Waals surface area (Å²) in [6.07, 6.45) is 0. The molecule has 1 fully saturated rings. The Bertz CT molecular complexity index is 715. The maximum absolute atomic E-state index is 12.3. The quantitative estimate of drug-likeness (QED) is 0.866. The van der Waals surface area contributed by atoms with Crippen LogP contribution in [0.1, 0.15) is 16.3 Å². The van der Waals surface area contributed by atoms with Crippen molar-refractivity contribution in [2.24, 2.45) is 5.73 Å². The Balaban J connectivity index is 1.74. The Morgan fingerprint density at radius 1 is 1.23 bits per heavy atom. The first-order valence-electron chi connectivity index (χ1n) is 7.72. The van der Waals surface area contributed by atoms with Gasteiger partial charge in [-0.05, 0) is 19.4 Å². The molecule has 7 heteroatoms. The van der Waals surface area contributed by atoms with Crippen LogP contribution in [-0.4, -0.2) is 59.0 Å². The first-order valence-corrected chi connectivity index (χ1v) is 8.54. The van der Waals surface area contributed by atoms with Gasteiger partial charge in [-0.25, -0.2) is 4.98 Å².